The summed E-state index contributed by atoms with van der Waals surface area (Å²) in [5, 5.41) is 2.01. The number of hydrogen-bond donors (Lipinski definition) is 1. The molecule has 0 saturated carbocycles. The van der Waals surface area contributed by atoms with Crippen LogP contribution in [0.15, 0.2) is 41.8 Å². The number of nitrogens with two attached hydrogens (primary N) is 1. The molecule has 0 radical (unpaired) electrons. The highest BCUT2D eigenvalue weighted by Gasteiger charge is 2.10. The third kappa shape index (κ3) is 3.27. The second-order valence-electron chi connectivity index (χ2n) is 3.83. The summed E-state index contributed by atoms with van der Waals surface area (Å²) in [6.07, 6.45) is 0. The number of hydrogen-bond acceptors (Lipinski definition) is 3. The van der Waals surface area contributed by atoms with Crippen molar-refractivity contribution in [2.75, 3.05) is 5.75 Å². The topological polar surface area (TPSA) is 60.2 Å². The van der Waals surface area contributed by atoms with Crippen molar-refractivity contribution in [3.8, 4) is 10.4 Å². The first-order chi connectivity index (χ1) is 8.66. The first-order valence-electron chi connectivity index (χ1n) is 5.42. The lowest BCUT2D eigenvalue weighted by Gasteiger charge is -2.07. The molecule has 5 heteroatoms. The van der Waals surface area contributed by atoms with E-state index in [-0.39, 0.29) is 5.75 Å². The first kappa shape index (κ1) is 13.0. The number of rotatable bonds is 5. The zero-order valence-electron chi connectivity index (χ0n) is 9.67. The van der Waals surface area contributed by atoms with Gasteiger partial charge in [-0.2, -0.15) is 0 Å². The van der Waals surface area contributed by atoms with E-state index in [1.165, 1.54) is 0 Å². The molecule has 0 bridgehead atoms. The van der Waals surface area contributed by atoms with Crippen molar-refractivity contribution in [2.45, 2.75) is 5.75 Å². The molecule has 0 aliphatic heterocycles. The Hall–Kier alpha value is -1.46. The van der Waals surface area contributed by atoms with E-state index in [1.807, 2.05) is 41.8 Å². The van der Waals surface area contributed by atoms with Crippen molar-refractivity contribution in [1.82, 2.24) is 0 Å². The highest BCUT2D eigenvalue weighted by molar-refractivity contribution is 7.84. The molecule has 0 spiro atoms. The highest BCUT2D eigenvalue weighted by Crippen LogP contribution is 2.28. The normalized spacial score (nSPS) is 12.2. The quantitative estimate of drug-likeness (QED) is 0.911. The summed E-state index contributed by atoms with van der Waals surface area (Å²) < 4.78 is 11.8. The van der Waals surface area contributed by atoms with Gasteiger partial charge in [-0.1, -0.05) is 30.3 Å². The second kappa shape index (κ2) is 5.93. The van der Waals surface area contributed by atoms with Crippen molar-refractivity contribution in [3.05, 3.63) is 47.3 Å². The fraction of sp³-hybridized carbons (Fsp3) is 0.154. The van der Waals surface area contributed by atoms with Crippen LogP contribution in [-0.2, 0) is 21.3 Å². The minimum atomic E-state index is -1.24. The van der Waals surface area contributed by atoms with Crippen LogP contribution in [0.25, 0.3) is 10.4 Å². The number of amides is 1. The lowest BCUT2D eigenvalue weighted by molar-refractivity contribution is -0.115. The molecule has 3 nitrogen and oxygen atoms in total. The Morgan fingerprint density at radius 1 is 1.22 bits per heavy atom. The summed E-state index contributed by atoms with van der Waals surface area (Å²) in [6.45, 7) is 0. The van der Waals surface area contributed by atoms with Crippen molar-refractivity contribution in [1.29, 1.82) is 0 Å². The average molecular weight is 279 g/mol. The van der Waals surface area contributed by atoms with Crippen molar-refractivity contribution in [2.24, 2.45) is 5.73 Å². The molecule has 0 unspecified atom stereocenters. The van der Waals surface area contributed by atoms with E-state index >= 15 is 0 Å². The smallest absolute Gasteiger partial charge is 0.230 e. The van der Waals surface area contributed by atoms with Gasteiger partial charge in [-0.15, -0.1) is 11.3 Å². The number of thiophene rings is 1. The monoisotopic (exact) mass is 279 g/mol. The molecule has 2 N–H and O–H groups in total. The van der Waals surface area contributed by atoms with Gasteiger partial charge < -0.3 is 5.73 Å². The summed E-state index contributed by atoms with van der Waals surface area (Å²) in [5.74, 6) is -0.252. The fourth-order valence-electron chi connectivity index (χ4n) is 1.70. The Bertz CT molecular complexity index is 564. The number of primary amides is 1. The molecular weight excluding hydrogens is 266 g/mol. The molecule has 0 aliphatic carbocycles. The molecule has 1 heterocycles. The van der Waals surface area contributed by atoms with E-state index < -0.39 is 16.7 Å². The Kier molecular flexibility index (Phi) is 4.28. The first-order valence-corrected chi connectivity index (χ1v) is 7.78. The van der Waals surface area contributed by atoms with E-state index in [4.69, 9.17) is 5.73 Å². The summed E-state index contributed by atoms with van der Waals surface area (Å²) in [5.41, 5.74) is 7.11. The van der Waals surface area contributed by atoms with Crippen LogP contribution in [0, 0.1) is 0 Å². The lowest BCUT2D eigenvalue weighted by atomic mass is 10.1. The maximum atomic E-state index is 11.8. The zero-order chi connectivity index (χ0) is 13.0. The maximum Gasteiger partial charge on any atom is 0.230 e. The van der Waals surface area contributed by atoms with Crippen LogP contribution in [0.2, 0.25) is 0 Å². The van der Waals surface area contributed by atoms with E-state index in [0.717, 1.165) is 16.0 Å². The highest BCUT2D eigenvalue weighted by atomic mass is 32.2. The Morgan fingerprint density at radius 3 is 2.67 bits per heavy atom. The van der Waals surface area contributed by atoms with Gasteiger partial charge in [0.15, 0.2) is 0 Å². The van der Waals surface area contributed by atoms with Gasteiger partial charge in [0.2, 0.25) is 5.91 Å². The summed E-state index contributed by atoms with van der Waals surface area (Å²) >= 11 is 1.64. The van der Waals surface area contributed by atoms with Crippen molar-refractivity contribution >= 4 is 28.0 Å². The summed E-state index contributed by atoms with van der Waals surface area (Å²) in [4.78, 5) is 11.9. The van der Waals surface area contributed by atoms with E-state index in [0.29, 0.717) is 5.75 Å². The molecule has 1 atom stereocenters. The second-order valence-corrected chi connectivity index (χ2v) is 6.23. The summed E-state index contributed by atoms with van der Waals surface area (Å²) in [6, 6.07) is 11.8. The van der Waals surface area contributed by atoms with Crippen LogP contribution in [-0.4, -0.2) is 15.9 Å². The molecule has 2 aromatic rings. The molecule has 18 heavy (non-hydrogen) atoms. The van der Waals surface area contributed by atoms with Crippen LogP contribution < -0.4 is 5.73 Å². The van der Waals surface area contributed by atoms with Crippen molar-refractivity contribution in [3.63, 3.8) is 0 Å². The number of carbonyl (C=O) groups is 1. The maximum absolute atomic E-state index is 11.8. The minimum Gasteiger partial charge on any atom is -0.369 e. The molecule has 0 aliphatic rings. The molecule has 94 valence electrons. The lowest BCUT2D eigenvalue weighted by Crippen LogP contribution is -2.20. The molecular formula is C13H13NO2S2. The Morgan fingerprint density at radius 2 is 2.00 bits per heavy atom. The summed E-state index contributed by atoms with van der Waals surface area (Å²) in [7, 11) is -1.24. The molecule has 1 aromatic heterocycles. The molecule has 2 rings (SSSR count). The minimum absolute atomic E-state index is 0.0845. The van der Waals surface area contributed by atoms with Crippen LogP contribution in [0.3, 0.4) is 0 Å². The third-order valence-electron chi connectivity index (χ3n) is 2.42. The van der Waals surface area contributed by atoms with Crippen LogP contribution in [0.1, 0.15) is 5.56 Å². The van der Waals surface area contributed by atoms with Gasteiger partial charge in [0.05, 0.1) is 0 Å². The molecule has 0 fully saturated rings. The van der Waals surface area contributed by atoms with E-state index in [9.17, 15) is 9.00 Å². The van der Waals surface area contributed by atoms with Gasteiger partial charge >= 0.3 is 0 Å². The third-order valence-corrected chi connectivity index (χ3v) is 4.57. The SMILES string of the molecule is NC(=O)C[S@@](=O)Cc1ccccc1-c1cccs1. The molecule has 1 amide bonds. The van der Waals surface area contributed by atoms with Gasteiger partial charge in [-0.3, -0.25) is 9.00 Å². The van der Waals surface area contributed by atoms with Crippen LogP contribution in [0.4, 0.5) is 0 Å². The molecule has 0 saturated heterocycles. The number of benzene rings is 1. The Balaban J connectivity index is 2.23. The van der Waals surface area contributed by atoms with E-state index in [2.05, 4.69) is 0 Å². The van der Waals surface area contributed by atoms with Crippen molar-refractivity contribution < 1.29 is 9.00 Å². The van der Waals surface area contributed by atoms with Crippen LogP contribution >= 0.6 is 11.3 Å². The number of carbonyl (C=O) groups excluding carboxylic acids is 1. The van der Waals surface area contributed by atoms with Gasteiger partial charge in [0, 0.05) is 21.4 Å². The molecule has 1 aromatic carbocycles. The van der Waals surface area contributed by atoms with Gasteiger partial charge in [-0.25, -0.2) is 0 Å². The average Bonchev–Trinajstić information content (AvgIpc) is 2.81. The predicted octanol–water partition coefficient (Wildman–Crippen LogP) is 2.15. The zero-order valence-corrected chi connectivity index (χ0v) is 11.3. The van der Waals surface area contributed by atoms with Gasteiger partial charge in [0.1, 0.15) is 5.75 Å². The predicted molar refractivity (Wildman–Crippen MR) is 75.7 cm³/mol. The Labute approximate surface area is 112 Å². The van der Waals surface area contributed by atoms with Crippen LogP contribution in [0.5, 0.6) is 0 Å². The fourth-order valence-corrected chi connectivity index (χ4v) is 3.51. The largest absolute Gasteiger partial charge is 0.369 e. The van der Waals surface area contributed by atoms with Gasteiger partial charge in [-0.05, 0) is 22.6 Å². The standard InChI is InChI=1S/C13H13NO2S2/c14-13(15)9-18(16)8-10-4-1-2-5-11(10)12-6-3-7-17-12/h1-7H,8-9H2,(H2,14,15)/t18-/m0/s1. The van der Waals surface area contributed by atoms with Gasteiger partial charge in [0.25, 0.3) is 0 Å². The van der Waals surface area contributed by atoms with E-state index in [1.54, 1.807) is 11.3 Å².